The summed E-state index contributed by atoms with van der Waals surface area (Å²) in [6.07, 6.45) is -0.0965. The van der Waals surface area contributed by atoms with Crippen molar-refractivity contribution in [2.75, 3.05) is 6.54 Å². The largest absolute Gasteiger partial charge is 0.457 e. The van der Waals surface area contributed by atoms with E-state index in [1.807, 2.05) is 6.07 Å². The Balaban J connectivity index is 1.24. The number of nitrogens with zero attached hydrogens (tertiary/aromatic N) is 5. The maximum atomic E-state index is 13.5. The standard InChI is InChI=1S/C27H21ClN6O7S2/c28-26-24(30-33-42-26)16-39-32-18-13-25(27(35)31-36)34(15-18)43(37,38)23-11-9-22(10-12-23)41-21-7-5-20(6-8-21)40-19-3-1-17(14-29)2-4-19/h1-12,25,36H,13,15-16H2,(H,31,35)/b32-18-/t25-/m0/s1. The van der Waals surface area contributed by atoms with E-state index >= 15 is 0 Å². The highest BCUT2D eigenvalue weighted by molar-refractivity contribution is 7.89. The molecule has 1 aliphatic rings. The van der Waals surface area contributed by atoms with E-state index in [9.17, 15) is 18.4 Å². The molecule has 0 bridgehead atoms. The Morgan fingerprint density at radius 1 is 1.05 bits per heavy atom. The van der Waals surface area contributed by atoms with Crippen LogP contribution < -0.4 is 15.0 Å². The Morgan fingerprint density at radius 3 is 2.12 bits per heavy atom. The van der Waals surface area contributed by atoms with Gasteiger partial charge in [-0.05, 0) is 72.8 Å². The molecule has 16 heteroatoms. The Kier molecular flexibility index (Phi) is 9.14. The maximum absolute atomic E-state index is 13.5. The first kappa shape index (κ1) is 29.9. The van der Waals surface area contributed by atoms with Crippen molar-refractivity contribution in [3.8, 4) is 29.1 Å². The molecule has 1 aliphatic heterocycles. The number of benzene rings is 3. The van der Waals surface area contributed by atoms with Crippen molar-refractivity contribution in [1.82, 2.24) is 19.4 Å². The van der Waals surface area contributed by atoms with Gasteiger partial charge in [0, 0.05) is 18.0 Å². The minimum Gasteiger partial charge on any atom is -0.457 e. The molecule has 0 radical (unpaired) electrons. The lowest BCUT2D eigenvalue weighted by Gasteiger charge is -2.21. The zero-order chi connectivity index (χ0) is 30.4. The average Bonchev–Trinajstić information content (AvgIpc) is 3.65. The highest BCUT2D eigenvalue weighted by Gasteiger charge is 2.43. The number of hydrogen-bond acceptors (Lipinski definition) is 12. The lowest BCUT2D eigenvalue weighted by Crippen LogP contribution is -2.44. The fourth-order valence-electron chi connectivity index (χ4n) is 4.02. The van der Waals surface area contributed by atoms with Crippen LogP contribution in [0, 0.1) is 11.3 Å². The number of nitriles is 1. The molecule has 2 heterocycles. The molecule has 43 heavy (non-hydrogen) atoms. The summed E-state index contributed by atoms with van der Waals surface area (Å²) in [7, 11) is -4.19. The Bertz CT molecular complexity index is 1770. The van der Waals surface area contributed by atoms with Crippen LogP contribution in [0.2, 0.25) is 4.34 Å². The topological polar surface area (TPSA) is 176 Å². The highest BCUT2D eigenvalue weighted by atomic mass is 35.5. The van der Waals surface area contributed by atoms with E-state index in [0.717, 1.165) is 15.8 Å². The summed E-state index contributed by atoms with van der Waals surface area (Å²) in [5.74, 6) is 1.08. The molecule has 2 N–H and O–H groups in total. The molecule has 0 saturated carbocycles. The van der Waals surface area contributed by atoms with Gasteiger partial charge in [0.1, 0.15) is 39.1 Å². The first-order valence-electron chi connectivity index (χ1n) is 12.4. The van der Waals surface area contributed by atoms with Gasteiger partial charge in [-0.2, -0.15) is 9.57 Å². The first-order chi connectivity index (χ1) is 20.8. The van der Waals surface area contributed by atoms with Gasteiger partial charge in [-0.1, -0.05) is 21.2 Å². The second kappa shape index (κ2) is 13.2. The second-order valence-electron chi connectivity index (χ2n) is 8.95. The molecule has 1 atom stereocenters. The van der Waals surface area contributed by atoms with Gasteiger partial charge in [-0.3, -0.25) is 10.0 Å². The summed E-state index contributed by atoms with van der Waals surface area (Å²) in [6, 6.07) is 20.0. The summed E-state index contributed by atoms with van der Waals surface area (Å²) < 4.78 is 43.5. The van der Waals surface area contributed by atoms with Gasteiger partial charge >= 0.3 is 0 Å². The van der Waals surface area contributed by atoms with E-state index < -0.39 is 22.0 Å². The lowest BCUT2D eigenvalue weighted by molar-refractivity contribution is -0.132. The normalized spacial score (nSPS) is 16.0. The number of oxime groups is 1. The minimum atomic E-state index is -4.19. The summed E-state index contributed by atoms with van der Waals surface area (Å²) in [5, 5.41) is 25.9. The van der Waals surface area contributed by atoms with Gasteiger partial charge in [0.2, 0.25) is 10.0 Å². The predicted molar refractivity (Wildman–Crippen MR) is 154 cm³/mol. The third-order valence-electron chi connectivity index (χ3n) is 6.14. The summed E-state index contributed by atoms with van der Waals surface area (Å²) in [4.78, 5) is 17.5. The summed E-state index contributed by atoms with van der Waals surface area (Å²) in [6.45, 7) is -0.324. The van der Waals surface area contributed by atoms with Crippen molar-refractivity contribution < 1.29 is 32.7 Å². The Labute approximate surface area is 254 Å². The molecule has 1 aromatic heterocycles. The van der Waals surface area contributed by atoms with Crippen LogP contribution in [-0.4, -0.2) is 51.7 Å². The zero-order valence-electron chi connectivity index (χ0n) is 22.0. The molecule has 1 fully saturated rings. The Morgan fingerprint density at radius 2 is 1.60 bits per heavy atom. The van der Waals surface area contributed by atoms with Crippen molar-refractivity contribution in [3.05, 3.63) is 88.4 Å². The van der Waals surface area contributed by atoms with Crippen molar-refractivity contribution in [2.45, 2.75) is 24.0 Å². The van der Waals surface area contributed by atoms with Gasteiger partial charge in [0.25, 0.3) is 5.91 Å². The molecule has 1 saturated heterocycles. The number of carbonyl (C=O) groups excluding carboxylic acids is 1. The predicted octanol–water partition coefficient (Wildman–Crippen LogP) is 4.49. The molecule has 5 rings (SSSR count). The zero-order valence-corrected chi connectivity index (χ0v) is 24.3. The molecule has 13 nitrogen and oxygen atoms in total. The Hall–Kier alpha value is -4.59. The molecule has 1 amide bonds. The molecule has 3 aromatic carbocycles. The summed E-state index contributed by atoms with van der Waals surface area (Å²) >= 11 is 6.93. The third-order valence-corrected chi connectivity index (χ3v) is 8.99. The van der Waals surface area contributed by atoms with Crippen LogP contribution >= 0.6 is 23.1 Å². The van der Waals surface area contributed by atoms with Crippen molar-refractivity contribution in [2.24, 2.45) is 5.16 Å². The number of sulfonamides is 1. The van der Waals surface area contributed by atoms with Crippen LogP contribution in [0.3, 0.4) is 0 Å². The number of ether oxygens (including phenoxy) is 2. The van der Waals surface area contributed by atoms with Crippen LogP contribution in [0.5, 0.6) is 23.0 Å². The number of rotatable bonds is 10. The summed E-state index contributed by atoms with van der Waals surface area (Å²) in [5.41, 5.74) is 2.68. The SMILES string of the molecule is N#Cc1ccc(Oc2ccc(Oc3ccc(S(=O)(=O)N4C/C(=N\OCc5nnsc5Cl)C[C@H]4C(=O)NO)cc3)cc2)cc1. The maximum Gasteiger partial charge on any atom is 0.262 e. The van der Waals surface area contributed by atoms with Gasteiger partial charge in [0.15, 0.2) is 6.61 Å². The fourth-order valence-corrected chi connectivity index (χ4v) is 6.20. The van der Waals surface area contributed by atoms with Crippen LogP contribution in [0.4, 0.5) is 0 Å². The number of amides is 1. The molecule has 0 spiro atoms. The van der Waals surface area contributed by atoms with Crippen molar-refractivity contribution >= 4 is 44.8 Å². The van der Waals surface area contributed by atoms with Gasteiger partial charge < -0.3 is 14.3 Å². The number of nitrogens with one attached hydrogen (secondary N) is 1. The van der Waals surface area contributed by atoms with Gasteiger partial charge in [0.05, 0.1) is 28.8 Å². The molecule has 4 aromatic rings. The van der Waals surface area contributed by atoms with E-state index in [0.29, 0.717) is 38.6 Å². The van der Waals surface area contributed by atoms with E-state index in [1.165, 1.54) is 29.7 Å². The molecular weight excluding hydrogens is 620 g/mol. The highest BCUT2D eigenvalue weighted by Crippen LogP contribution is 2.30. The number of halogens is 1. The van der Waals surface area contributed by atoms with Gasteiger partial charge in [-0.25, -0.2) is 13.9 Å². The lowest BCUT2D eigenvalue weighted by atomic mass is 10.2. The van der Waals surface area contributed by atoms with E-state index in [4.69, 9.17) is 31.2 Å². The monoisotopic (exact) mass is 640 g/mol. The van der Waals surface area contributed by atoms with Crippen LogP contribution in [0.25, 0.3) is 0 Å². The van der Waals surface area contributed by atoms with Crippen LogP contribution in [0.15, 0.2) is 82.8 Å². The minimum absolute atomic E-state index is 0.0865. The molecular formula is C27H21ClN6O7S2. The quantitative estimate of drug-likeness (QED) is 0.185. The van der Waals surface area contributed by atoms with E-state index in [-0.39, 0.29) is 30.2 Å². The van der Waals surface area contributed by atoms with Crippen molar-refractivity contribution in [3.63, 3.8) is 0 Å². The number of hydroxylamine groups is 1. The molecule has 220 valence electrons. The number of hydrogen-bond donors (Lipinski definition) is 2. The average molecular weight is 641 g/mol. The van der Waals surface area contributed by atoms with Crippen LogP contribution in [0.1, 0.15) is 17.7 Å². The molecule has 0 aliphatic carbocycles. The molecule has 0 unspecified atom stereocenters. The van der Waals surface area contributed by atoms with E-state index in [1.54, 1.807) is 48.5 Å². The third kappa shape index (κ3) is 7.08. The van der Waals surface area contributed by atoms with Crippen molar-refractivity contribution in [1.29, 1.82) is 5.26 Å². The second-order valence-corrected chi connectivity index (χ2v) is 12.2. The number of aromatic nitrogens is 2. The first-order valence-corrected chi connectivity index (χ1v) is 15.0. The smallest absolute Gasteiger partial charge is 0.262 e. The van der Waals surface area contributed by atoms with Gasteiger partial charge in [-0.15, -0.1) is 5.10 Å². The van der Waals surface area contributed by atoms with E-state index in [2.05, 4.69) is 14.7 Å². The fraction of sp³-hybridized carbons (Fsp3) is 0.148. The van der Waals surface area contributed by atoms with Crippen LogP contribution in [-0.2, 0) is 26.3 Å². The number of carbonyl (C=O) groups is 1.